The number of hydrogen-bond donors (Lipinski definition) is 3. The highest BCUT2D eigenvalue weighted by Crippen LogP contribution is 2.48. The lowest BCUT2D eigenvalue weighted by Gasteiger charge is -2.30. The van der Waals surface area contributed by atoms with E-state index in [1.54, 1.807) is 19.1 Å². The Kier molecular flexibility index (Phi) is 11.5. The SMILES string of the molecule is COc1c(F)ccc2c(OC3C[C@H]4C(=O)N[C@]5(C(=O)NS(=O)(=O)C6(C)CC6)C[C@H]5/C=C\CCCCC[C@H](NC(=O)c5ccc(C)s5)C(=O)N4C3)cc(OC(C)C)nc12. The lowest BCUT2D eigenvalue weighted by molar-refractivity contribution is -0.141. The third-order valence-corrected chi connectivity index (χ3v) is 14.6. The molecule has 0 spiro atoms. The van der Waals surface area contributed by atoms with E-state index in [0.29, 0.717) is 42.4 Å². The summed E-state index contributed by atoms with van der Waals surface area (Å²) in [5, 5.41) is 6.21. The third-order valence-electron chi connectivity index (χ3n) is 11.4. The van der Waals surface area contributed by atoms with Gasteiger partial charge < -0.3 is 29.7 Å². The van der Waals surface area contributed by atoms with Crippen molar-refractivity contribution in [2.24, 2.45) is 5.92 Å². The Morgan fingerprint density at radius 3 is 2.59 bits per heavy atom. The minimum atomic E-state index is -4.02. The van der Waals surface area contributed by atoms with Gasteiger partial charge in [0.05, 0.1) is 29.4 Å². The Morgan fingerprint density at radius 1 is 1.12 bits per heavy atom. The highest BCUT2D eigenvalue weighted by molar-refractivity contribution is 7.91. The molecule has 1 aromatic carbocycles. The van der Waals surface area contributed by atoms with Crippen LogP contribution in [0, 0.1) is 18.7 Å². The molecule has 4 heterocycles. The van der Waals surface area contributed by atoms with Crippen LogP contribution in [0.3, 0.4) is 0 Å². The number of rotatable bonds is 10. The fourth-order valence-electron chi connectivity index (χ4n) is 7.69. The van der Waals surface area contributed by atoms with Crippen LogP contribution < -0.4 is 29.6 Å². The lowest BCUT2D eigenvalue weighted by Crippen LogP contribution is -2.58. The van der Waals surface area contributed by atoms with Crippen molar-refractivity contribution in [3.63, 3.8) is 0 Å². The average Bonchev–Trinajstić information content (AvgIpc) is 3.96. The summed E-state index contributed by atoms with van der Waals surface area (Å²) in [6, 6.07) is 5.65. The third kappa shape index (κ3) is 8.38. The van der Waals surface area contributed by atoms with Crippen LogP contribution in [-0.2, 0) is 24.4 Å². The van der Waals surface area contributed by atoms with Crippen molar-refractivity contribution in [2.75, 3.05) is 13.7 Å². The number of methoxy groups -OCH3 is 1. The topological polar surface area (TPSA) is 182 Å². The van der Waals surface area contributed by atoms with Gasteiger partial charge in [-0.05, 0) is 90.5 Å². The van der Waals surface area contributed by atoms with Crippen molar-refractivity contribution in [3.8, 4) is 17.4 Å². The zero-order valence-electron chi connectivity index (χ0n) is 33.3. The van der Waals surface area contributed by atoms with E-state index in [1.165, 1.54) is 35.5 Å². The number of benzene rings is 1. The molecule has 1 unspecified atom stereocenters. The van der Waals surface area contributed by atoms with Crippen molar-refractivity contribution < 1.29 is 46.2 Å². The van der Waals surface area contributed by atoms with Crippen molar-refractivity contribution in [1.82, 2.24) is 25.2 Å². The van der Waals surface area contributed by atoms with Gasteiger partial charge in [0.1, 0.15) is 35.0 Å². The van der Waals surface area contributed by atoms with Crippen LogP contribution >= 0.6 is 11.3 Å². The molecule has 2 aliphatic heterocycles. The van der Waals surface area contributed by atoms with Crippen LogP contribution in [0.2, 0.25) is 0 Å². The lowest BCUT2D eigenvalue weighted by atomic mass is 10.0. The second-order valence-corrected chi connectivity index (χ2v) is 19.7. The van der Waals surface area contributed by atoms with Gasteiger partial charge in [0, 0.05) is 28.7 Å². The summed E-state index contributed by atoms with van der Waals surface area (Å²) in [5.41, 5.74) is -1.41. The molecule has 3 aromatic rings. The summed E-state index contributed by atoms with van der Waals surface area (Å²) < 4.78 is 60.3. The molecular weight excluding hydrogens is 790 g/mol. The zero-order chi connectivity index (χ0) is 41.6. The standard InChI is InChI=1S/C41H50FN5O9S2/c1-23(2)55-33-20-31(27-14-15-28(42)35(54-5)34(27)44-33)56-26-19-30-36(48)45-41(39(51)46-58(52,53)40(4)17-18-40)21-25(41)11-9-7-6-8-10-12-29(38(50)47(30)22-26)43-37(49)32-16-13-24(3)57-32/h9,11,13-16,20,23,25-26,29-30H,6-8,10,12,17-19,21-22H2,1-5H3,(H,43,49)(H,45,48)(H,46,51)/b11-9-/t25-,26?,29+,30+,41-/m1/s1. The Morgan fingerprint density at radius 2 is 1.90 bits per heavy atom. The smallest absolute Gasteiger partial charge is 0.262 e. The van der Waals surface area contributed by atoms with Gasteiger partial charge in [-0.3, -0.25) is 23.9 Å². The average molecular weight is 840 g/mol. The van der Waals surface area contributed by atoms with Crippen molar-refractivity contribution in [2.45, 2.75) is 120 Å². The van der Waals surface area contributed by atoms with Gasteiger partial charge in [-0.2, -0.15) is 0 Å². The highest BCUT2D eigenvalue weighted by Gasteiger charge is 2.63. The molecule has 0 radical (unpaired) electrons. The largest absolute Gasteiger partial charge is 0.491 e. The van der Waals surface area contributed by atoms with Crippen molar-refractivity contribution in [1.29, 1.82) is 0 Å². The second kappa shape index (κ2) is 16.1. The van der Waals surface area contributed by atoms with E-state index in [1.807, 2.05) is 39.0 Å². The first kappa shape index (κ1) is 41.4. The van der Waals surface area contributed by atoms with Gasteiger partial charge in [0.25, 0.3) is 11.8 Å². The van der Waals surface area contributed by atoms with Crippen LogP contribution in [0.25, 0.3) is 10.9 Å². The molecule has 2 aromatic heterocycles. The van der Waals surface area contributed by atoms with E-state index in [2.05, 4.69) is 20.3 Å². The maximum atomic E-state index is 14.9. The molecule has 5 atom stereocenters. The summed E-state index contributed by atoms with van der Waals surface area (Å²) in [6.45, 7) is 7.00. The fraction of sp³-hybridized carbons (Fsp3) is 0.537. The molecule has 4 aliphatic rings. The maximum absolute atomic E-state index is 14.9. The van der Waals surface area contributed by atoms with Gasteiger partial charge in [0.2, 0.25) is 27.7 Å². The molecule has 3 N–H and O–H groups in total. The summed E-state index contributed by atoms with van der Waals surface area (Å²) in [5.74, 6) is -3.22. The van der Waals surface area contributed by atoms with E-state index in [4.69, 9.17) is 14.2 Å². The number of allylic oxidation sites excluding steroid dienone is 1. The summed E-state index contributed by atoms with van der Waals surface area (Å²) >= 11 is 1.31. The minimum Gasteiger partial charge on any atom is -0.491 e. The number of halogens is 1. The number of pyridine rings is 1. The molecule has 1 saturated heterocycles. The quantitative estimate of drug-likeness (QED) is 0.233. The number of thiophene rings is 1. The Bertz CT molecular complexity index is 2260. The van der Waals surface area contributed by atoms with Gasteiger partial charge >= 0.3 is 0 Å². The molecule has 2 aliphatic carbocycles. The number of fused-ring (bicyclic) bond motifs is 3. The number of hydrogen-bond acceptors (Lipinski definition) is 11. The van der Waals surface area contributed by atoms with Crippen molar-refractivity contribution in [3.05, 3.63) is 58.1 Å². The van der Waals surface area contributed by atoms with Crippen molar-refractivity contribution >= 4 is 55.9 Å². The van der Waals surface area contributed by atoms with Crippen LogP contribution in [0.15, 0.2) is 42.5 Å². The highest BCUT2D eigenvalue weighted by atomic mass is 32.2. The van der Waals surface area contributed by atoms with Crippen LogP contribution in [0.5, 0.6) is 17.4 Å². The summed E-state index contributed by atoms with van der Waals surface area (Å²) in [6.07, 6.45) is 6.82. The van der Waals surface area contributed by atoms with E-state index in [-0.39, 0.29) is 48.4 Å². The molecule has 2 saturated carbocycles. The van der Waals surface area contributed by atoms with Gasteiger partial charge in [-0.15, -0.1) is 11.3 Å². The molecular formula is C41H50FN5O9S2. The van der Waals surface area contributed by atoms with E-state index in [9.17, 15) is 32.0 Å². The van der Waals surface area contributed by atoms with E-state index >= 15 is 0 Å². The van der Waals surface area contributed by atoms with Crippen LogP contribution in [0.4, 0.5) is 4.39 Å². The fourth-order valence-corrected chi connectivity index (χ4v) is 9.78. The van der Waals surface area contributed by atoms with Gasteiger partial charge in [-0.25, -0.2) is 17.8 Å². The minimum absolute atomic E-state index is 0.0283. The number of aryl methyl sites for hydroxylation is 1. The number of sulfonamides is 1. The predicted molar refractivity (Wildman–Crippen MR) is 215 cm³/mol. The zero-order valence-corrected chi connectivity index (χ0v) is 34.9. The number of nitrogens with zero attached hydrogens (tertiary/aromatic N) is 2. The number of carbonyl (C=O) groups is 4. The molecule has 17 heteroatoms. The van der Waals surface area contributed by atoms with Crippen LogP contribution in [0.1, 0.15) is 93.1 Å². The summed E-state index contributed by atoms with van der Waals surface area (Å²) in [4.78, 5) is 63.9. The maximum Gasteiger partial charge on any atom is 0.262 e. The van der Waals surface area contributed by atoms with Crippen LogP contribution in [-0.4, -0.2) is 90.2 Å². The predicted octanol–water partition coefficient (Wildman–Crippen LogP) is 5.08. The number of amides is 4. The number of carbonyl (C=O) groups excluding carboxylic acids is 4. The molecule has 7 rings (SSSR count). The van der Waals surface area contributed by atoms with E-state index < -0.39 is 73.9 Å². The Balaban J connectivity index is 1.23. The number of nitrogens with one attached hydrogen (secondary N) is 3. The molecule has 58 heavy (non-hydrogen) atoms. The van der Waals surface area contributed by atoms with E-state index in [0.717, 1.165) is 17.7 Å². The molecule has 4 amide bonds. The van der Waals surface area contributed by atoms with Gasteiger partial charge in [-0.1, -0.05) is 25.0 Å². The number of aromatic nitrogens is 1. The Hall–Kier alpha value is -4.77. The first-order valence-corrected chi connectivity index (χ1v) is 22.1. The Labute approximate surface area is 341 Å². The monoisotopic (exact) mass is 839 g/mol. The normalized spacial score (nSPS) is 26.4. The molecule has 312 valence electrons. The first-order valence-electron chi connectivity index (χ1n) is 19.8. The molecule has 0 bridgehead atoms. The summed E-state index contributed by atoms with van der Waals surface area (Å²) in [7, 11) is -2.70. The first-order chi connectivity index (χ1) is 27.5. The second-order valence-electron chi connectivity index (χ2n) is 16.2. The van der Waals surface area contributed by atoms with Gasteiger partial charge in [0.15, 0.2) is 11.6 Å². The number of ether oxygens (including phenoxy) is 3. The molecule has 3 fully saturated rings. The molecule has 14 nitrogen and oxygen atoms in total.